The Kier molecular flexibility index (Phi) is 6.82. The van der Waals surface area contributed by atoms with Gasteiger partial charge in [-0.05, 0) is 48.7 Å². The van der Waals surface area contributed by atoms with E-state index in [9.17, 15) is 9.59 Å². The van der Waals surface area contributed by atoms with Crippen molar-refractivity contribution in [2.75, 3.05) is 13.2 Å². The second kappa shape index (κ2) is 9.08. The van der Waals surface area contributed by atoms with Crippen LogP contribution in [0.4, 0.5) is 0 Å². The first-order valence-electron chi connectivity index (χ1n) is 7.85. The molecule has 0 heterocycles. The van der Waals surface area contributed by atoms with Crippen molar-refractivity contribution < 1.29 is 14.3 Å². The number of hydrogen-bond acceptors (Lipinski definition) is 3. The molecule has 0 saturated heterocycles. The van der Waals surface area contributed by atoms with Crippen molar-refractivity contribution in [2.45, 2.75) is 19.8 Å². The van der Waals surface area contributed by atoms with E-state index >= 15 is 0 Å². The Balaban J connectivity index is 1.79. The third-order valence-electron chi connectivity index (χ3n) is 3.48. The highest BCUT2D eigenvalue weighted by Gasteiger charge is 2.06. The Morgan fingerprint density at radius 1 is 1.00 bits per heavy atom. The number of hydrogen-bond donors (Lipinski definition) is 1. The Morgan fingerprint density at radius 3 is 2.25 bits per heavy atom. The summed E-state index contributed by atoms with van der Waals surface area (Å²) in [5.74, 6) is -0.342. The molecule has 1 N–H and O–H groups in total. The number of carbonyl (C=O) groups is 2. The molecule has 2 aromatic rings. The molecule has 0 saturated carbocycles. The molecule has 0 aliphatic rings. The van der Waals surface area contributed by atoms with E-state index < -0.39 is 0 Å². The van der Waals surface area contributed by atoms with Gasteiger partial charge >= 0.3 is 5.97 Å². The van der Waals surface area contributed by atoms with Crippen LogP contribution in [0.5, 0.6) is 0 Å². The van der Waals surface area contributed by atoms with Crippen molar-refractivity contribution in [3.8, 4) is 0 Å². The molecule has 5 heteroatoms. The first-order valence-corrected chi connectivity index (χ1v) is 8.23. The zero-order valence-corrected chi connectivity index (χ0v) is 14.3. The molecule has 0 spiro atoms. The molecule has 0 unspecified atom stereocenters. The van der Waals surface area contributed by atoms with E-state index in [4.69, 9.17) is 16.3 Å². The zero-order valence-electron chi connectivity index (χ0n) is 13.5. The van der Waals surface area contributed by atoms with E-state index in [2.05, 4.69) is 5.32 Å². The molecule has 1 amide bonds. The van der Waals surface area contributed by atoms with Gasteiger partial charge in [-0.1, -0.05) is 35.9 Å². The second-order valence-corrected chi connectivity index (χ2v) is 5.75. The van der Waals surface area contributed by atoms with Crippen LogP contribution >= 0.6 is 11.6 Å². The number of ether oxygens (including phenoxy) is 1. The molecule has 24 heavy (non-hydrogen) atoms. The fourth-order valence-electron chi connectivity index (χ4n) is 2.23. The summed E-state index contributed by atoms with van der Waals surface area (Å²) in [4.78, 5) is 23.4. The van der Waals surface area contributed by atoms with Gasteiger partial charge in [-0.15, -0.1) is 0 Å². The van der Waals surface area contributed by atoms with Crippen LogP contribution in [0.2, 0.25) is 5.02 Å². The van der Waals surface area contributed by atoms with Crippen LogP contribution in [0.3, 0.4) is 0 Å². The summed E-state index contributed by atoms with van der Waals surface area (Å²) >= 11 is 5.80. The number of halogens is 1. The molecular weight excluding hydrogens is 326 g/mol. The Morgan fingerprint density at radius 2 is 1.62 bits per heavy atom. The van der Waals surface area contributed by atoms with Crippen molar-refractivity contribution in [3.05, 3.63) is 70.2 Å². The third-order valence-corrected chi connectivity index (χ3v) is 3.73. The van der Waals surface area contributed by atoms with Crippen molar-refractivity contribution in [2.24, 2.45) is 0 Å². The molecule has 0 aliphatic carbocycles. The molecule has 0 atom stereocenters. The van der Waals surface area contributed by atoms with Gasteiger partial charge in [-0.2, -0.15) is 0 Å². The first-order chi connectivity index (χ1) is 11.6. The van der Waals surface area contributed by atoms with Crippen LogP contribution in [-0.4, -0.2) is 25.0 Å². The topological polar surface area (TPSA) is 55.4 Å². The lowest BCUT2D eigenvalue weighted by Gasteiger charge is -2.07. The van der Waals surface area contributed by atoms with Crippen molar-refractivity contribution in [1.82, 2.24) is 5.32 Å². The largest absolute Gasteiger partial charge is 0.466 e. The Hall–Kier alpha value is -2.33. The van der Waals surface area contributed by atoms with E-state index in [-0.39, 0.29) is 18.3 Å². The Bertz CT molecular complexity index is 681. The lowest BCUT2D eigenvalue weighted by molar-refractivity contribution is -0.142. The lowest BCUT2D eigenvalue weighted by atomic mass is 10.1. The SMILES string of the molecule is CCOC(=O)Cc1ccc(CCNC(=O)c2ccc(Cl)cc2)cc1. The molecule has 0 radical (unpaired) electrons. The minimum absolute atomic E-state index is 0.120. The van der Waals surface area contributed by atoms with Gasteiger partial charge in [0.15, 0.2) is 0 Å². The predicted molar refractivity (Wildman–Crippen MR) is 94.3 cm³/mol. The summed E-state index contributed by atoms with van der Waals surface area (Å²) in [7, 11) is 0. The molecule has 0 bridgehead atoms. The van der Waals surface area contributed by atoms with E-state index in [1.54, 1.807) is 31.2 Å². The number of rotatable bonds is 7. The molecule has 126 valence electrons. The molecule has 2 aromatic carbocycles. The van der Waals surface area contributed by atoms with Crippen LogP contribution in [0.25, 0.3) is 0 Å². The second-order valence-electron chi connectivity index (χ2n) is 5.31. The van der Waals surface area contributed by atoms with Gasteiger partial charge in [0.1, 0.15) is 0 Å². The van der Waals surface area contributed by atoms with Gasteiger partial charge in [-0.25, -0.2) is 0 Å². The maximum Gasteiger partial charge on any atom is 0.310 e. The van der Waals surface area contributed by atoms with Gasteiger partial charge < -0.3 is 10.1 Å². The van der Waals surface area contributed by atoms with Gasteiger partial charge in [0.05, 0.1) is 13.0 Å². The van der Waals surface area contributed by atoms with Crippen LogP contribution in [0.1, 0.15) is 28.4 Å². The van der Waals surface area contributed by atoms with Gasteiger partial charge in [0.2, 0.25) is 0 Å². The molecule has 0 aromatic heterocycles. The van der Waals surface area contributed by atoms with E-state index in [0.29, 0.717) is 23.7 Å². The van der Waals surface area contributed by atoms with Crippen molar-refractivity contribution in [1.29, 1.82) is 0 Å². The number of esters is 1. The third kappa shape index (κ3) is 5.70. The quantitative estimate of drug-likeness (QED) is 0.782. The predicted octanol–water partition coefficient (Wildman–Crippen LogP) is 3.42. The fraction of sp³-hybridized carbons (Fsp3) is 0.263. The average Bonchev–Trinajstić information content (AvgIpc) is 2.57. The van der Waals surface area contributed by atoms with Crippen LogP contribution in [0.15, 0.2) is 48.5 Å². The normalized spacial score (nSPS) is 10.2. The summed E-state index contributed by atoms with van der Waals surface area (Å²) < 4.78 is 4.92. The summed E-state index contributed by atoms with van der Waals surface area (Å²) in [5.41, 5.74) is 2.60. The summed E-state index contributed by atoms with van der Waals surface area (Å²) in [6, 6.07) is 14.5. The first kappa shape index (κ1) is 18.0. The average molecular weight is 346 g/mol. The van der Waals surface area contributed by atoms with Crippen molar-refractivity contribution >= 4 is 23.5 Å². The maximum atomic E-state index is 12.0. The highest BCUT2D eigenvalue weighted by Crippen LogP contribution is 2.10. The van der Waals surface area contributed by atoms with Crippen LogP contribution < -0.4 is 5.32 Å². The molecule has 0 aliphatic heterocycles. The van der Waals surface area contributed by atoms with E-state index in [1.165, 1.54) is 0 Å². The number of carbonyl (C=O) groups excluding carboxylic acids is 2. The van der Waals surface area contributed by atoms with Crippen molar-refractivity contribution in [3.63, 3.8) is 0 Å². The van der Waals surface area contributed by atoms with Crippen LogP contribution in [0, 0.1) is 0 Å². The van der Waals surface area contributed by atoms with E-state index in [0.717, 1.165) is 17.5 Å². The lowest BCUT2D eigenvalue weighted by Crippen LogP contribution is -2.25. The Labute approximate surface area is 146 Å². The summed E-state index contributed by atoms with van der Waals surface area (Å²) in [5, 5.41) is 3.48. The zero-order chi connectivity index (χ0) is 17.4. The van der Waals surface area contributed by atoms with Gasteiger partial charge in [0, 0.05) is 17.1 Å². The summed E-state index contributed by atoms with van der Waals surface area (Å²) in [6.07, 6.45) is 1.00. The van der Waals surface area contributed by atoms with E-state index in [1.807, 2.05) is 24.3 Å². The minimum atomic E-state index is -0.222. The minimum Gasteiger partial charge on any atom is -0.466 e. The molecule has 0 fully saturated rings. The highest BCUT2D eigenvalue weighted by molar-refractivity contribution is 6.30. The number of benzene rings is 2. The highest BCUT2D eigenvalue weighted by atomic mass is 35.5. The van der Waals surface area contributed by atoms with Gasteiger partial charge in [0.25, 0.3) is 5.91 Å². The summed E-state index contributed by atoms with van der Waals surface area (Å²) in [6.45, 7) is 2.72. The standard InChI is InChI=1S/C19H20ClNO3/c1-2-24-18(22)13-15-5-3-14(4-6-15)11-12-21-19(23)16-7-9-17(20)10-8-16/h3-10H,2,11-13H2,1H3,(H,21,23). The number of nitrogens with one attached hydrogen (secondary N) is 1. The molecular formula is C19H20ClNO3. The molecule has 4 nitrogen and oxygen atoms in total. The fourth-order valence-corrected chi connectivity index (χ4v) is 2.35. The number of amides is 1. The maximum absolute atomic E-state index is 12.0. The van der Waals surface area contributed by atoms with Gasteiger partial charge in [-0.3, -0.25) is 9.59 Å². The smallest absolute Gasteiger partial charge is 0.310 e. The van der Waals surface area contributed by atoms with Crippen LogP contribution in [-0.2, 0) is 22.4 Å². The monoisotopic (exact) mass is 345 g/mol. The molecule has 2 rings (SSSR count).